The first-order chi connectivity index (χ1) is 21.2. The van der Waals surface area contributed by atoms with E-state index in [1.54, 1.807) is 0 Å². The van der Waals surface area contributed by atoms with Crippen molar-refractivity contribution in [3.63, 3.8) is 0 Å². The molecule has 1 fully saturated rings. The second-order valence-electron chi connectivity index (χ2n) is 10.3. The minimum absolute atomic E-state index is 0.0791. The number of alkyl carbamates (subject to hydrolysis) is 1. The van der Waals surface area contributed by atoms with Crippen LogP contribution in [0.5, 0.6) is 0 Å². The quantitative estimate of drug-likeness (QED) is 0.218. The van der Waals surface area contributed by atoms with Crippen LogP contribution in [0.4, 0.5) is 4.79 Å². The van der Waals surface area contributed by atoms with E-state index < -0.39 is 36.7 Å². The standard InChI is InChI=1S/C35H37NO7/c37-34-31(36-35(38)42-24-29-19-11-4-12-20-29)33(41-23-28-17-9-3-10-18-28)32(40-22-27-15-7-2-8-16-27)30(43-34)25-39-21-26-13-5-1-6-14-26/h1-20,30-34,37H,21-25H2,(H,36,38)/t30-,31-,32-,33-,34?/m1/s1. The fourth-order valence-corrected chi connectivity index (χ4v) is 4.91. The maximum Gasteiger partial charge on any atom is 0.407 e. The van der Waals surface area contributed by atoms with Crippen molar-refractivity contribution in [1.29, 1.82) is 0 Å². The lowest BCUT2D eigenvalue weighted by Gasteiger charge is -2.44. The van der Waals surface area contributed by atoms with Gasteiger partial charge in [0.05, 0.1) is 26.4 Å². The molecule has 2 N–H and O–H groups in total. The molecular formula is C35H37NO7. The lowest BCUT2D eigenvalue weighted by Crippen LogP contribution is -2.65. The van der Waals surface area contributed by atoms with E-state index in [2.05, 4.69) is 5.32 Å². The molecule has 224 valence electrons. The lowest BCUT2D eigenvalue weighted by molar-refractivity contribution is -0.277. The van der Waals surface area contributed by atoms with E-state index in [9.17, 15) is 9.90 Å². The summed E-state index contributed by atoms with van der Waals surface area (Å²) in [6.45, 7) is 1.09. The highest BCUT2D eigenvalue weighted by Crippen LogP contribution is 2.28. The van der Waals surface area contributed by atoms with Crippen molar-refractivity contribution in [3.8, 4) is 0 Å². The minimum Gasteiger partial charge on any atom is -0.445 e. The van der Waals surface area contributed by atoms with Crippen LogP contribution in [0.15, 0.2) is 121 Å². The van der Waals surface area contributed by atoms with Crippen LogP contribution in [-0.4, -0.2) is 48.5 Å². The number of ether oxygens (including phenoxy) is 5. The second kappa shape index (κ2) is 16.0. The van der Waals surface area contributed by atoms with Crippen molar-refractivity contribution < 1.29 is 33.6 Å². The van der Waals surface area contributed by atoms with E-state index in [0.717, 1.165) is 22.3 Å². The number of hydrogen-bond donors (Lipinski definition) is 2. The molecule has 5 rings (SSSR count). The van der Waals surface area contributed by atoms with Crippen LogP contribution in [-0.2, 0) is 50.1 Å². The third-order valence-electron chi connectivity index (χ3n) is 7.13. The molecule has 1 aliphatic heterocycles. The summed E-state index contributed by atoms with van der Waals surface area (Å²) >= 11 is 0. The molecule has 0 saturated carbocycles. The van der Waals surface area contributed by atoms with Crippen molar-refractivity contribution in [3.05, 3.63) is 144 Å². The number of carbonyl (C=O) groups excluding carboxylic acids is 1. The number of rotatable bonds is 13. The first-order valence-electron chi connectivity index (χ1n) is 14.4. The van der Waals surface area contributed by atoms with Gasteiger partial charge in [0, 0.05) is 0 Å². The van der Waals surface area contributed by atoms with E-state index in [0.29, 0.717) is 6.61 Å². The smallest absolute Gasteiger partial charge is 0.407 e. The largest absolute Gasteiger partial charge is 0.445 e. The fraction of sp³-hybridized carbons (Fsp3) is 0.286. The third-order valence-corrected chi connectivity index (χ3v) is 7.13. The first-order valence-corrected chi connectivity index (χ1v) is 14.4. The van der Waals surface area contributed by atoms with Crippen LogP contribution in [0.3, 0.4) is 0 Å². The molecule has 43 heavy (non-hydrogen) atoms. The predicted molar refractivity (Wildman–Crippen MR) is 161 cm³/mol. The van der Waals surface area contributed by atoms with Gasteiger partial charge in [-0.1, -0.05) is 121 Å². The van der Waals surface area contributed by atoms with Crippen molar-refractivity contribution in [2.45, 2.75) is 57.1 Å². The van der Waals surface area contributed by atoms with Crippen LogP contribution in [0.2, 0.25) is 0 Å². The highest BCUT2D eigenvalue weighted by Gasteiger charge is 2.48. The number of carbonyl (C=O) groups is 1. The predicted octanol–water partition coefficient (Wildman–Crippen LogP) is 5.39. The highest BCUT2D eigenvalue weighted by molar-refractivity contribution is 5.67. The van der Waals surface area contributed by atoms with Gasteiger partial charge in [0.2, 0.25) is 0 Å². The molecule has 0 bridgehead atoms. The van der Waals surface area contributed by atoms with Gasteiger partial charge < -0.3 is 34.1 Å². The van der Waals surface area contributed by atoms with Gasteiger partial charge in [0.25, 0.3) is 0 Å². The molecule has 1 saturated heterocycles. The normalized spacial score (nSPS) is 21.7. The van der Waals surface area contributed by atoms with Crippen molar-refractivity contribution in [1.82, 2.24) is 5.32 Å². The Labute approximate surface area is 252 Å². The van der Waals surface area contributed by atoms with E-state index in [1.807, 2.05) is 121 Å². The molecule has 0 spiro atoms. The van der Waals surface area contributed by atoms with Gasteiger partial charge in [-0.15, -0.1) is 0 Å². The van der Waals surface area contributed by atoms with Gasteiger partial charge in [-0.3, -0.25) is 0 Å². The van der Waals surface area contributed by atoms with Gasteiger partial charge in [-0.05, 0) is 22.3 Å². The van der Waals surface area contributed by atoms with Crippen LogP contribution in [0.25, 0.3) is 0 Å². The van der Waals surface area contributed by atoms with E-state index >= 15 is 0 Å². The average molecular weight is 584 g/mol. The van der Waals surface area contributed by atoms with Gasteiger partial charge in [0.1, 0.15) is 31.0 Å². The number of benzene rings is 4. The Kier molecular flexibility index (Phi) is 11.3. The minimum atomic E-state index is -1.40. The monoisotopic (exact) mass is 583 g/mol. The molecule has 8 nitrogen and oxygen atoms in total. The van der Waals surface area contributed by atoms with Gasteiger partial charge in [0.15, 0.2) is 6.29 Å². The maximum atomic E-state index is 12.9. The third kappa shape index (κ3) is 9.22. The zero-order valence-electron chi connectivity index (χ0n) is 23.9. The van der Waals surface area contributed by atoms with Gasteiger partial charge in [-0.2, -0.15) is 0 Å². The maximum absolute atomic E-state index is 12.9. The molecule has 1 unspecified atom stereocenters. The summed E-state index contributed by atoms with van der Waals surface area (Å²) in [6, 6.07) is 37.7. The summed E-state index contributed by atoms with van der Waals surface area (Å²) in [4.78, 5) is 12.9. The van der Waals surface area contributed by atoms with E-state index in [1.165, 1.54) is 0 Å². The highest BCUT2D eigenvalue weighted by atomic mass is 16.7. The summed E-state index contributed by atoms with van der Waals surface area (Å²) in [6.07, 6.45) is -4.26. The van der Waals surface area contributed by atoms with Crippen LogP contribution in [0, 0.1) is 0 Å². The molecule has 1 aliphatic rings. The Bertz CT molecular complexity index is 1360. The molecule has 1 amide bonds. The summed E-state index contributed by atoms with van der Waals surface area (Å²) in [5.74, 6) is 0. The lowest BCUT2D eigenvalue weighted by atomic mass is 9.96. The fourth-order valence-electron chi connectivity index (χ4n) is 4.91. The molecule has 4 aromatic carbocycles. The van der Waals surface area contributed by atoms with Crippen LogP contribution in [0.1, 0.15) is 22.3 Å². The number of aliphatic hydroxyl groups excluding tert-OH is 1. The Balaban J connectivity index is 1.34. The molecule has 0 aromatic heterocycles. The Morgan fingerprint density at radius 3 is 1.58 bits per heavy atom. The van der Waals surface area contributed by atoms with E-state index in [-0.39, 0.29) is 26.4 Å². The molecule has 1 heterocycles. The topological polar surface area (TPSA) is 95.5 Å². The van der Waals surface area contributed by atoms with Crippen molar-refractivity contribution in [2.24, 2.45) is 0 Å². The summed E-state index contributed by atoms with van der Waals surface area (Å²) in [5.41, 5.74) is 3.76. The molecule has 0 radical (unpaired) electrons. The average Bonchev–Trinajstić information content (AvgIpc) is 3.05. The number of amides is 1. The molecule has 8 heteroatoms. The zero-order chi connectivity index (χ0) is 29.7. The van der Waals surface area contributed by atoms with Crippen molar-refractivity contribution in [2.75, 3.05) is 6.61 Å². The van der Waals surface area contributed by atoms with E-state index in [4.69, 9.17) is 23.7 Å². The molecule has 0 aliphatic carbocycles. The number of nitrogens with one attached hydrogen (secondary N) is 1. The SMILES string of the molecule is O=C(N[C@H]1C(O)O[C@H](COCc2ccccc2)[C@@H](OCc2ccccc2)[C@@H]1OCc1ccccc1)OCc1ccccc1. The Morgan fingerprint density at radius 1 is 0.628 bits per heavy atom. The van der Waals surface area contributed by atoms with Crippen molar-refractivity contribution >= 4 is 6.09 Å². The van der Waals surface area contributed by atoms with Crippen LogP contribution < -0.4 is 5.32 Å². The molecular weight excluding hydrogens is 546 g/mol. The molecule has 5 atom stereocenters. The first kappa shape index (κ1) is 30.4. The van der Waals surface area contributed by atoms with Crippen LogP contribution >= 0.6 is 0 Å². The second-order valence-corrected chi connectivity index (χ2v) is 10.3. The van der Waals surface area contributed by atoms with Gasteiger partial charge >= 0.3 is 6.09 Å². The zero-order valence-corrected chi connectivity index (χ0v) is 23.9. The summed E-state index contributed by atoms with van der Waals surface area (Å²) in [7, 11) is 0. The number of aliphatic hydroxyl groups is 1. The molecule has 4 aromatic rings. The number of hydrogen-bond acceptors (Lipinski definition) is 7. The van der Waals surface area contributed by atoms with Gasteiger partial charge in [-0.25, -0.2) is 4.79 Å². The summed E-state index contributed by atoms with van der Waals surface area (Å²) < 4.78 is 30.4. The summed E-state index contributed by atoms with van der Waals surface area (Å²) in [5, 5.41) is 14.0. The Hall–Kier alpha value is -4.05. The Morgan fingerprint density at radius 2 is 1.07 bits per heavy atom.